The third-order valence-electron chi connectivity index (χ3n) is 6.95. The van der Waals surface area contributed by atoms with Gasteiger partial charge in [0.1, 0.15) is 0 Å². The standard InChI is InChI=1S/C22H26BrF3N2O2/c1-2-28(12-18(29)27-17-6-4-3-5-16(17)22(24,25)26)19(30)20-8-14-7-15(9-20)11-21(23,10-14)13-20/h3-6,14-15H,2,7-13H2,1H3,(H,27,29). The molecule has 5 rings (SSSR count). The molecule has 2 amide bonds. The average Bonchev–Trinajstić information content (AvgIpc) is 2.63. The van der Waals surface area contributed by atoms with Crippen molar-refractivity contribution in [1.29, 1.82) is 0 Å². The van der Waals surface area contributed by atoms with Crippen molar-refractivity contribution in [2.45, 2.75) is 55.9 Å². The first-order chi connectivity index (χ1) is 14.0. The number of amides is 2. The minimum Gasteiger partial charge on any atom is -0.333 e. The van der Waals surface area contributed by atoms with Gasteiger partial charge in [-0.15, -0.1) is 0 Å². The highest BCUT2D eigenvalue weighted by atomic mass is 79.9. The van der Waals surface area contributed by atoms with E-state index < -0.39 is 23.1 Å². The number of benzene rings is 1. The highest BCUT2D eigenvalue weighted by molar-refractivity contribution is 9.10. The summed E-state index contributed by atoms with van der Waals surface area (Å²) in [5, 5.41) is 2.36. The fourth-order valence-electron chi connectivity index (χ4n) is 6.27. The van der Waals surface area contributed by atoms with Crippen LogP contribution in [0.3, 0.4) is 0 Å². The maximum absolute atomic E-state index is 13.5. The molecule has 2 unspecified atom stereocenters. The molecule has 1 aromatic carbocycles. The Balaban J connectivity index is 1.48. The van der Waals surface area contributed by atoms with Gasteiger partial charge in [0.15, 0.2) is 0 Å². The van der Waals surface area contributed by atoms with E-state index in [1.165, 1.54) is 29.5 Å². The van der Waals surface area contributed by atoms with E-state index in [9.17, 15) is 22.8 Å². The Morgan fingerprint density at radius 2 is 1.80 bits per heavy atom. The minimum absolute atomic E-state index is 0.0140. The van der Waals surface area contributed by atoms with Crippen LogP contribution in [0.25, 0.3) is 0 Å². The van der Waals surface area contributed by atoms with E-state index >= 15 is 0 Å². The van der Waals surface area contributed by atoms with E-state index in [-0.39, 0.29) is 22.5 Å². The lowest BCUT2D eigenvalue weighted by molar-refractivity contribution is -0.156. The van der Waals surface area contributed by atoms with Gasteiger partial charge in [-0.1, -0.05) is 28.1 Å². The summed E-state index contributed by atoms with van der Waals surface area (Å²) in [6, 6.07) is 4.89. The van der Waals surface area contributed by atoms with E-state index in [1.54, 1.807) is 6.92 Å². The molecule has 8 heteroatoms. The van der Waals surface area contributed by atoms with Crippen molar-refractivity contribution in [3.05, 3.63) is 29.8 Å². The van der Waals surface area contributed by atoms with E-state index in [1.807, 2.05) is 0 Å². The minimum atomic E-state index is -4.56. The molecule has 0 radical (unpaired) electrons. The summed E-state index contributed by atoms with van der Waals surface area (Å²) in [6.45, 7) is 1.91. The normalized spacial score (nSPS) is 32.2. The molecule has 4 aliphatic rings. The summed E-state index contributed by atoms with van der Waals surface area (Å²) in [7, 11) is 0. The SMILES string of the molecule is CCN(CC(=O)Nc1ccccc1C(F)(F)F)C(=O)C12CC3CC(CC(Br)(C3)C1)C2. The fourth-order valence-corrected chi connectivity index (χ4v) is 7.72. The Morgan fingerprint density at radius 1 is 1.17 bits per heavy atom. The summed E-state index contributed by atoms with van der Waals surface area (Å²) >= 11 is 3.90. The number of rotatable bonds is 5. The number of alkyl halides is 4. The number of nitrogens with one attached hydrogen (secondary N) is 1. The molecule has 4 aliphatic carbocycles. The molecular formula is C22H26BrF3N2O2. The first-order valence-electron chi connectivity index (χ1n) is 10.5. The topological polar surface area (TPSA) is 49.4 Å². The van der Waals surface area contributed by atoms with Gasteiger partial charge in [0.2, 0.25) is 11.8 Å². The number of halogens is 4. The Bertz CT molecular complexity index is 843. The van der Waals surface area contributed by atoms with Crippen molar-refractivity contribution < 1.29 is 22.8 Å². The molecule has 4 nitrogen and oxygen atoms in total. The van der Waals surface area contributed by atoms with Gasteiger partial charge < -0.3 is 10.2 Å². The van der Waals surface area contributed by atoms with Crippen LogP contribution in [0.4, 0.5) is 18.9 Å². The van der Waals surface area contributed by atoms with E-state index in [0.717, 1.165) is 38.2 Å². The zero-order chi connectivity index (χ0) is 21.7. The zero-order valence-electron chi connectivity index (χ0n) is 16.9. The third kappa shape index (κ3) is 3.99. The van der Waals surface area contributed by atoms with Crippen molar-refractivity contribution in [2.75, 3.05) is 18.4 Å². The molecule has 4 saturated carbocycles. The van der Waals surface area contributed by atoms with Gasteiger partial charge in [-0.3, -0.25) is 9.59 Å². The summed E-state index contributed by atoms with van der Waals surface area (Å²) in [5.74, 6) is 0.420. The smallest absolute Gasteiger partial charge is 0.333 e. The van der Waals surface area contributed by atoms with Gasteiger partial charge in [-0.25, -0.2) is 0 Å². The lowest BCUT2D eigenvalue weighted by atomic mass is 9.49. The van der Waals surface area contributed by atoms with Gasteiger partial charge in [0.05, 0.1) is 23.2 Å². The maximum atomic E-state index is 13.5. The number of anilines is 1. The molecule has 0 heterocycles. The van der Waals surface area contributed by atoms with Crippen LogP contribution in [-0.2, 0) is 15.8 Å². The van der Waals surface area contributed by atoms with Gasteiger partial charge in [0, 0.05) is 10.9 Å². The highest BCUT2D eigenvalue weighted by Crippen LogP contribution is 2.64. The van der Waals surface area contributed by atoms with Gasteiger partial charge in [-0.05, 0) is 69.4 Å². The zero-order valence-corrected chi connectivity index (χ0v) is 18.5. The molecule has 4 bridgehead atoms. The molecule has 164 valence electrons. The Labute approximate surface area is 182 Å². The first-order valence-corrected chi connectivity index (χ1v) is 11.3. The van der Waals surface area contributed by atoms with Crippen LogP contribution in [0.15, 0.2) is 24.3 Å². The number of nitrogens with zero attached hydrogens (tertiary/aromatic N) is 1. The molecule has 1 aromatic rings. The molecule has 0 spiro atoms. The first kappa shape index (κ1) is 21.7. The molecule has 0 aliphatic heterocycles. The van der Waals surface area contributed by atoms with Crippen molar-refractivity contribution >= 4 is 33.4 Å². The molecule has 1 N–H and O–H groups in total. The van der Waals surface area contributed by atoms with Gasteiger partial charge >= 0.3 is 6.18 Å². The number of para-hydroxylation sites is 1. The van der Waals surface area contributed by atoms with Crippen LogP contribution in [0, 0.1) is 17.3 Å². The summed E-state index contributed by atoms with van der Waals surface area (Å²) in [6.07, 6.45) is 1.28. The van der Waals surface area contributed by atoms with Crippen molar-refractivity contribution in [2.24, 2.45) is 17.3 Å². The highest BCUT2D eigenvalue weighted by Gasteiger charge is 2.60. The molecule has 0 aromatic heterocycles. The van der Waals surface area contributed by atoms with Crippen molar-refractivity contribution in [3.63, 3.8) is 0 Å². The third-order valence-corrected chi connectivity index (χ3v) is 7.88. The largest absolute Gasteiger partial charge is 0.418 e. The van der Waals surface area contributed by atoms with Crippen LogP contribution >= 0.6 is 15.9 Å². The van der Waals surface area contributed by atoms with Crippen molar-refractivity contribution in [3.8, 4) is 0 Å². The summed E-state index contributed by atoms with van der Waals surface area (Å²) in [4.78, 5) is 27.6. The number of carbonyl (C=O) groups is 2. The molecule has 2 atom stereocenters. The summed E-state index contributed by atoms with van der Waals surface area (Å²) in [5.41, 5.74) is -1.63. The number of likely N-dealkylation sites (N-methyl/N-ethyl adjacent to an activating group) is 1. The van der Waals surface area contributed by atoms with Crippen LogP contribution in [0.2, 0.25) is 0 Å². The van der Waals surface area contributed by atoms with Crippen LogP contribution in [0.5, 0.6) is 0 Å². The second-order valence-corrected chi connectivity index (χ2v) is 11.0. The molecule has 30 heavy (non-hydrogen) atoms. The second kappa shape index (κ2) is 7.53. The Kier molecular flexibility index (Phi) is 5.44. The fraction of sp³-hybridized carbons (Fsp3) is 0.636. The number of hydrogen-bond donors (Lipinski definition) is 1. The van der Waals surface area contributed by atoms with Crippen LogP contribution in [-0.4, -0.2) is 34.1 Å². The second-order valence-electron chi connectivity index (χ2n) is 9.30. The molecular weight excluding hydrogens is 461 g/mol. The quantitative estimate of drug-likeness (QED) is 0.579. The number of carbonyl (C=O) groups excluding carboxylic acids is 2. The van der Waals surface area contributed by atoms with E-state index in [0.29, 0.717) is 18.4 Å². The van der Waals surface area contributed by atoms with Gasteiger partial charge in [-0.2, -0.15) is 13.2 Å². The van der Waals surface area contributed by atoms with E-state index in [2.05, 4.69) is 21.2 Å². The molecule has 0 saturated heterocycles. The molecule has 4 fully saturated rings. The monoisotopic (exact) mass is 486 g/mol. The van der Waals surface area contributed by atoms with E-state index in [4.69, 9.17) is 0 Å². The number of hydrogen-bond acceptors (Lipinski definition) is 2. The average molecular weight is 487 g/mol. The van der Waals surface area contributed by atoms with Crippen LogP contribution < -0.4 is 5.32 Å². The Hall–Kier alpha value is -1.57. The predicted octanol–water partition coefficient (Wildman–Crippen LogP) is 5.23. The lowest BCUT2D eigenvalue weighted by Gasteiger charge is -2.60. The van der Waals surface area contributed by atoms with Gasteiger partial charge in [0.25, 0.3) is 0 Å². The maximum Gasteiger partial charge on any atom is 0.418 e. The van der Waals surface area contributed by atoms with Crippen LogP contribution in [0.1, 0.15) is 51.0 Å². The summed E-state index contributed by atoms with van der Waals surface area (Å²) < 4.78 is 39.6. The van der Waals surface area contributed by atoms with Crippen molar-refractivity contribution in [1.82, 2.24) is 4.90 Å². The predicted molar refractivity (Wildman–Crippen MR) is 111 cm³/mol. The lowest BCUT2D eigenvalue weighted by Crippen LogP contribution is -2.59. The Morgan fingerprint density at radius 3 is 2.37 bits per heavy atom.